The van der Waals surface area contributed by atoms with Crippen molar-refractivity contribution in [2.45, 2.75) is 0 Å². The molecule has 0 rings (SSSR count). The molecule has 0 saturated heterocycles. The van der Waals surface area contributed by atoms with Gasteiger partial charge in [-0.2, -0.15) is 0 Å². The number of phosphoric acid groups is 1. The van der Waals surface area contributed by atoms with Crippen molar-refractivity contribution in [3.63, 3.8) is 0 Å². The Kier molecular flexibility index (Phi) is 10.5. The Balaban J connectivity index is -0.000000107. The van der Waals surface area contributed by atoms with Crippen molar-refractivity contribution in [2.24, 2.45) is 0 Å². The Morgan fingerprint density at radius 1 is 1.09 bits per heavy atom. The Morgan fingerprint density at radius 3 is 1.09 bits per heavy atom. The summed E-state index contributed by atoms with van der Waals surface area (Å²) in [6, 6.07) is 0. The third-order valence-corrected chi connectivity index (χ3v) is 0. The average molecular weight is 216 g/mol. The number of rotatable bonds is 0. The predicted molar refractivity (Wildman–Crippen MR) is 30.2 cm³/mol. The maximum atomic E-state index is 8.66. The van der Waals surface area contributed by atoms with Crippen molar-refractivity contribution in [1.82, 2.24) is 0 Å². The monoisotopic (exact) mass is 216 g/mol. The molecule has 0 saturated carbocycles. The first-order valence-corrected chi connectivity index (χ1v) is 4.93. The second-order valence-corrected chi connectivity index (χ2v) is 3.21. The second-order valence-electron chi connectivity index (χ2n) is 1.07. The van der Waals surface area contributed by atoms with Gasteiger partial charge in [0.05, 0.1) is 7.82 Å². The van der Waals surface area contributed by atoms with Gasteiger partial charge in [-0.15, -0.1) is 0 Å². The molecular formula is H5MgO8PSi. The minimum absolute atomic E-state index is 0. The van der Waals surface area contributed by atoms with Gasteiger partial charge in [0.25, 0.3) is 0 Å². The van der Waals surface area contributed by atoms with Crippen LogP contribution in [-0.4, -0.2) is 56.2 Å². The molecule has 0 aliphatic heterocycles. The first-order valence-electron chi connectivity index (χ1n) is 1.64. The van der Waals surface area contributed by atoms with Crippen LogP contribution in [0.2, 0.25) is 0 Å². The van der Waals surface area contributed by atoms with Gasteiger partial charge >= 0.3 is 32.1 Å². The quantitative estimate of drug-likeness (QED) is 0.198. The van der Waals surface area contributed by atoms with E-state index in [2.05, 4.69) is 0 Å². The van der Waals surface area contributed by atoms with Crippen molar-refractivity contribution in [1.29, 1.82) is 0 Å². The minimum atomic E-state index is -5.14. The van der Waals surface area contributed by atoms with Gasteiger partial charge in [-0.3, -0.25) is 0 Å². The molecular weight excluding hydrogens is 211 g/mol. The Morgan fingerprint density at radius 2 is 1.09 bits per heavy atom. The number of hydrogen-bond donors (Lipinski definition) is 5. The van der Waals surface area contributed by atoms with E-state index in [0.717, 1.165) is 0 Å². The van der Waals surface area contributed by atoms with Crippen LogP contribution >= 0.6 is 7.82 Å². The zero-order valence-electron chi connectivity index (χ0n) is 5.12. The van der Waals surface area contributed by atoms with Crippen LogP contribution in [0.1, 0.15) is 0 Å². The molecule has 0 aromatic carbocycles. The Bertz CT molecular complexity index is 106. The molecule has 0 aromatic rings. The first kappa shape index (κ1) is 17.9. The van der Waals surface area contributed by atoms with Gasteiger partial charge < -0.3 is 38.4 Å². The van der Waals surface area contributed by atoms with Gasteiger partial charge in [0.1, 0.15) is 0 Å². The summed E-state index contributed by atoms with van der Waals surface area (Å²) in [6.07, 6.45) is 0. The molecule has 0 atom stereocenters. The second kappa shape index (κ2) is 6.45. The summed E-state index contributed by atoms with van der Waals surface area (Å²) in [5, 5.41) is 0. The SMILES string of the molecule is O=P([O-])([O-])O.O[Si](O)(O)O.[Mg+2]. The third-order valence-electron chi connectivity index (χ3n) is 0. The van der Waals surface area contributed by atoms with E-state index in [-0.39, 0.29) is 23.1 Å². The van der Waals surface area contributed by atoms with Gasteiger partial charge in [-0.1, -0.05) is 0 Å². The number of hydrogen-bond acceptors (Lipinski definition) is 7. The predicted octanol–water partition coefficient (Wildman–Crippen LogP) is -5.18. The Hall–Kier alpha value is 0.933. The maximum Gasteiger partial charge on any atom is 2.00 e. The van der Waals surface area contributed by atoms with Crippen molar-refractivity contribution in [2.75, 3.05) is 0 Å². The average Bonchev–Trinajstić information content (AvgIpc) is 1.12. The fourth-order valence-corrected chi connectivity index (χ4v) is 0. The van der Waals surface area contributed by atoms with E-state index in [0.29, 0.717) is 0 Å². The van der Waals surface area contributed by atoms with Crippen molar-refractivity contribution in [3.8, 4) is 0 Å². The largest absolute Gasteiger partial charge is 2.00 e. The fraction of sp³-hybridized carbons (Fsp3) is 0. The molecule has 0 aliphatic rings. The van der Waals surface area contributed by atoms with E-state index in [4.69, 9.17) is 38.4 Å². The zero-order chi connectivity index (χ0) is 9.00. The van der Waals surface area contributed by atoms with Crippen molar-refractivity contribution < 1.29 is 38.4 Å². The van der Waals surface area contributed by atoms with Crippen molar-refractivity contribution >= 4 is 39.9 Å². The van der Waals surface area contributed by atoms with Crippen molar-refractivity contribution in [3.05, 3.63) is 0 Å². The molecule has 0 amide bonds. The summed E-state index contributed by atoms with van der Waals surface area (Å²) >= 11 is 0. The van der Waals surface area contributed by atoms with Gasteiger partial charge in [-0.25, -0.2) is 0 Å². The minimum Gasteiger partial charge on any atom is -0.790 e. The molecule has 64 valence electrons. The van der Waals surface area contributed by atoms with E-state index in [1.54, 1.807) is 0 Å². The zero-order valence-corrected chi connectivity index (χ0v) is 8.42. The molecule has 0 heterocycles. The topological polar surface area (TPSA) is 164 Å². The molecule has 5 N–H and O–H groups in total. The molecule has 0 radical (unpaired) electrons. The third kappa shape index (κ3) is 1000. The molecule has 0 aromatic heterocycles. The fourth-order valence-electron chi connectivity index (χ4n) is 0. The van der Waals surface area contributed by atoms with Crippen LogP contribution in [0, 0.1) is 0 Å². The normalized spacial score (nSPS) is 10.8. The molecule has 0 unspecified atom stereocenters. The summed E-state index contributed by atoms with van der Waals surface area (Å²) in [7, 11) is -9.75. The van der Waals surface area contributed by atoms with Crippen LogP contribution in [-0.2, 0) is 4.57 Å². The van der Waals surface area contributed by atoms with Gasteiger partial charge in [0.15, 0.2) is 0 Å². The van der Waals surface area contributed by atoms with Crippen LogP contribution in [0.15, 0.2) is 0 Å². The summed E-state index contributed by atoms with van der Waals surface area (Å²) in [5.41, 5.74) is 0. The Labute approximate surface area is 78.6 Å². The summed E-state index contributed by atoms with van der Waals surface area (Å²) in [4.78, 5) is 53.6. The van der Waals surface area contributed by atoms with Crippen LogP contribution in [0.4, 0.5) is 0 Å². The summed E-state index contributed by atoms with van der Waals surface area (Å²) < 4.78 is 8.66. The van der Waals surface area contributed by atoms with Crippen LogP contribution < -0.4 is 9.79 Å². The molecule has 11 heteroatoms. The van der Waals surface area contributed by atoms with E-state index in [9.17, 15) is 0 Å². The molecule has 8 nitrogen and oxygen atoms in total. The van der Waals surface area contributed by atoms with Gasteiger partial charge in [-0.05, 0) is 0 Å². The van der Waals surface area contributed by atoms with Gasteiger partial charge in [0, 0.05) is 0 Å². The van der Waals surface area contributed by atoms with E-state index >= 15 is 0 Å². The molecule has 0 fully saturated rings. The smallest absolute Gasteiger partial charge is 0.790 e. The summed E-state index contributed by atoms with van der Waals surface area (Å²) in [6.45, 7) is 0. The van der Waals surface area contributed by atoms with E-state index in [1.165, 1.54) is 0 Å². The van der Waals surface area contributed by atoms with Crippen LogP contribution in [0.3, 0.4) is 0 Å². The maximum absolute atomic E-state index is 8.66. The van der Waals surface area contributed by atoms with E-state index < -0.39 is 16.9 Å². The van der Waals surface area contributed by atoms with E-state index in [1.807, 2.05) is 0 Å². The van der Waals surface area contributed by atoms with Gasteiger partial charge in [0.2, 0.25) is 0 Å². The molecule has 0 bridgehead atoms. The molecule has 0 spiro atoms. The molecule has 0 aliphatic carbocycles. The summed E-state index contributed by atoms with van der Waals surface area (Å²) in [5.74, 6) is 0. The first-order chi connectivity index (χ1) is 4.00. The van der Waals surface area contributed by atoms with Crippen LogP contribution in [0.25, 0.3) is 0 Å². The molecule has 11 heavy (non-hydrogen) atoms. The van der Waals surface area contributed by atoms with Crippen LogP contribution in [0.5, 0.6) is 0 Å². The standard InChI is InChI=1S/Mg.H3O4P.H4O4Si/c;2*1-5(2,3)4/h;(H3,1,2,3,4);1-4H/q+2;;/p-2.